The van der Waals surface area contributed by atoms with Gasteiger partial charge in [-0.15, -0.1) is 0 Å². The van der Waals surface area contributed by atoms with Gasteiger partial charge in [0, 0.05) is 25.3 Å². The summed E-state index contributed by atoms with van der Waals surface area (Å²) < 4.78 is 74.2. The highest BCUT2D eigenvalue weighted by molar-refractivity contribution is 5.91. The van der Waals surface area contributed by atoms with Crippen molar-refractivity contribution in [2.75, 3.05) is 19.0 Å². The molecule has 0 bridgehead atoms. The van der Waals surface area contributed by atoms with Crippen LogP contribution in [0, 0.1) is 17.5 Å². The smallest absolute Gasteiger partial charge is 0.322 e. The lowest BCUT2D eigenvalue weighted by molar-refractivity contribution is 0.0505. The van der Waals surface area contributed by atoms with E-state index >= 15 is 0 Å². The second-order valence-electron chi connectivity index (χ2n) is 7.65. The molecule has 1 N–H and O–H groups in total. The Morgan fingerprint density at radius 3 is 2.45 bits per heavy atom. The fraction of sp³-hybridized carbons (Fsp3) is 0.273. The van der Waals surface area contributed by atoms with E-state index in [1.54, 1.807) is 0 Å². The van der Waals surface area contributed by atoms with Crippen LogP contribution < -0.4 is 10.9 Å². The van der Waals surface area contributed by atoms with Crippen LogP contribution in [0.4, 0.5) is 32.4 Å². The van der Waals surface area contributed by atoms with Crippen molar-refractivity contribution in [3.8, 4) is 0 Å². The number of pyridine rings is 1. The summed E-state index contributed by atoms with van der Waals surface area (Å²) >= 11 is 0. The van der Waals surface area contributed by atoms with Gasteiger partial charge in [0.1, 0.15) is 5.82 Å². The average molecular weight is 467 g/mol. The van der Waals surface area contributed by atoms with Crippen LogP contribution in [-0.2, 0) is 18.4 Å². The van der Waals surface area contributed by atoms with E-state index < -0.39 is 47.1 Å². The Morgan fingerprint density at radius 1 is 1.12 bits per heavy atom. The van der Waals surface area contributed by atoms with E-state index in [1.165, 1.54) is 23.6 Å². The van der Waals surface area contributed by atoms with Gasteiger partial charge < -0.3 is 19.5 Å². The molecule has 11 heteroatoms. The molecule has 1 aliphatic heterocycles. The van der Waals surface area contributed by atoms with Crippen LogP contribution in [0.15, 0.2) is 35.1 Å². The largest absolute Gasteiger partial charge is 0.373 e. The maximum absolute atomic E-state index is 14.1. The Hall–Kier alpha value is -3.47. The standard InChI is InChI=1S/C22H18F5N3O3/c1-29-17-8-33-9-18(19(17)11-6-15(24)16(25)7-12(11)21(29)31)30(2)22(32)28-10-3-4-14(23)13(5-10)20(26)27/h3-7,18,20H,8-9H2,1-2H3,(H,28,32). The third kappa shape index (κ3) is 3.92. The van der Waals surface area contributed by atoms with Crippen LogP contribution in [0.3, 0.4) is 0 Å². The third-order valence-electron chi connectivity index (χ3n) is 5.72. The van der Waals surface area contributed by atoms with Crippen LogP contribution in [0.2, 0.25) is 0 Å². The molecule has 0 saturated heterocycles. The van der Waals surface area contributed by atoms with Crippen molar-refractivity contribution >= 4 is 22.5 Å². The first kappa shape index (κ1) is 22.7. The van der Waals surface area contributed by atoms with Crippen molar-refractivity contribution in [1.29, 1.82) is 0 Å². The monoisotopic (exact) mass is 467 g/mol. The summed E-state index contributed by atoms with van der Waals surface area (Å²) in [6.45, 7) is -0.00734. The zero-order valence-electron chi connectivity index (χ0n) is 17.5. The summed E-state index contributed by atoms with van der Waals surface area (Å²) in [6.07, 6.45) is -3.07. The number of benzene rings is 2. The van der Waals surface area contributed by atoms with Crippen LogP contribution in [0.1, 0.15) is 29.3 Å². The minimum atomic E-state index is -3.07. The number of nitrogens with one attached hydrogen (secondary N) is 1. The molecule has 4 rings (SSSR count). The van der Waals surface area contributed by atoms with E-state index in [0.717, 1.165) is 30.3 Å². The van der Waals surface area contributed by atoms with E-state index in [9.17, 15) is 31.5 Å². The molecular formula is C22H18F5N3O3. The molecule has 174 valence electrons. The number of alkyl halides is 2. The number of amides is 2. The van der Waals surface area contributed by atoms with Gasteiger partial charge in [0.15, 0.2) is 11.6 Å². The van der Waals surface area contributed by atoms with E-state index in [1.807, 2.05) is 0 Å². The predicted octanol–water partition coefficient (Wildman–Crippen LogP) is 4.63. The number of rotatable bonds is 3. The molecular weight excluding hydrogens is 449 g/mol. The zero-order chi connectivity index (χ0) is 24.0. The highest BCUT2D eigenvalue weighted by Gasteiger charge is 2.32. The number of halogens is 5. The van der Waals surface area contributed by atoms with Crippen molar-refractivity contribution in [2.24, 2.45) is 7.05 Å². The van der Waals surface area contributed by atoms with Gasteiger partial charge in [-0.1, -0.05) is 0 Å². The fourth-order valence-electron chi connectivity index (χ4n) is 3.93. The number of fused-ring (bicyclic) bond motifs is 3. The maximum Gasteiger partial charge on any atom is 0.322 e. The van der Waals surface area contributed by atoms with Crippen molar-refractivity contribution in [1.82, 2.24) is 9.47 Å². The number of carbonyl (C=O) groups excluding carboxylic acids is 1. The Morgan fingerprint density at radius 2 is 1.79 bits per heavy atom. The molecule has 33 heavy (non-hydrogen) atoms. The third-order valence-corrected chi connectivity index (χ3v) is 5.72. The Bertz CT molecular complexity index is 1330. The number of carbonyl (C=O) groups is 1. The fourth-order valence-corrected chi connectivity index (χ4v) is 3.93. The molecule has 6 nitrogen and oxygen atoms in total. The number of aromatic nitrogens is 1. The van der Waals surface area contributed by atoms with Gasteiger partial charge in [-0.05, 0) is 35.7 Å². The quantitative estimate of drug-likeness (QED) is 0.572. The predicted molar refractivity (Wildman–Crippen MR) is 110 cm³/mol. The van der Waals surface area contributed by atoms with E-state index in [0.29, 0.717) is 11.3 Å². The van der Waals surface area contributed by atoms with Gasteiger partial charge in [0.25, 0.3) is 12.0 Å². The minimum Gasteiger partial charge on any atom is -0.373 e. The average Bonchev–Trinajstić information content (AvgIpc) is 2.78. The first-order valence-corrected chi connectivity index (χ1v) is 9.79. The lowest BCUT2D eigenvalue weighted by Gasteiger charge is -2.34. The normalized spacial score (nSPS) is 15.6. The van der Waals surface area contributed by atoms with Gasteiger partial charge in [-0.25, -0.2) is 26.7 Å². The highest BCUT2D eigenvalue weighted by atomic mass is 19.3. The van der Waals surface area contributed by atoms with E-state index in [2.05, 4.69) is 5.32 Å². The van der Waals surface area contributed by atoms with Crippen LogP contribution in [0.5, 0.6) is 0 Å². The molecule has 0 radical (unpaired) electrons. The van der Waals surface area contributed by atoms with Crippen LogP contribution >= 0.6 is 0 Å². The molecule has 1 aromatic heterocycles. The molecule has 1 atom stereocenters. The molecule has 2 heterocycles. The van der Waals surface area contributed by atoms with E-state index in [-0.39, 0.29) is 29.7 Å². The van der Waals surface area contributed by atoms with Crippen molar-refractivity contribution < 1.29 is 31.5 Å². The van der Waals surface area contributed by atoms with Gasteiger partial charge >= 0.3 is 6.03 Å². The van der Waals surface area contributed by atoms with Gasteiger partial charge in [0.05, 0.1) is 35.9 Å². The van der Waals surface area contributed by atoms with Gasteiger partial charge in [0.2, 0.25) is 0 Å². The zero-order valence-corrected chi connectivity index (χ0v) is 17.5. The number of ether oxygens (including phenoxy) is 1. The molecule has 0 spiro atoms. The van der Waals surface area contributed by atoms with Crippen molar-refractivity contribution in [2.45, 2.75) is 19.1 Å². The first-order chi connectivity index (χ1) is 15.6. The molecule has 2 amide bonds. The summed E-state index contributed by atoms with van der Waals surface area (Å²) in [5, 5.41) is 2.50. The number of hydrogen-bond donors (Lipinski definition) is 1. The van der Waals surface area contributed by atoms with Crippen molar-refractivity contribution in [3.05, 3.63) is 75.0 Å². The van der Waals surface area contributed by atoms with Gasteiger partial charge in [-0.2, -0.15) is 0 Å². The number of nitrogens with zero attached hydrogens (tertiary/aromatic N) is 2. The molecule has 3 aromatic rings. The molecule has 0 fully saturated rings. The molecule has 0 aliphatic carbocycles. The summed E-state index contributed by atoms with van der Waals surface area (Å²) in [5.41, 5.74) is -0.678. The van der Waals surface area contributed by atoms with Gasteiger partial charge in [-0.3, -0.25) is 4.79 Å². The van der Waals surface area contributed by atoms with Crippen LogP contribution in [-0.4, -0.2) is 29.2 Å². The molecule has 0 saturated carbocycles. The maximum atomic E-state index is 14.1. The Balaban J connectivity index is 1.75. The summed E-state index contributed by atoms with van der Waals surface area (Å²) in [6, 6.07) is 2.94. The number of anilines is 1. The summed E-state index contributed by atoms with van der Waals surface area (Å²) in [7, 11) is 2.85. The van der Waals surface area contributed by atoms with E-state index in [4.69, 9.17) is 4.74 Å². The first-order valence-electron chi connectivity index (χ1n) is 9.79. The lowest BCUT2D eigenvalue weighted by Crippen LogP contribution is -2.40. The Kier molecular flexibility index (Phi) is 5.83. The lowest BCUT2D eigenvalue weighted by atomic mass is 9.95. The molecule has 2 aromatic carbocycles. The second kappa shape index (κ2) is 8.47. The second-order valence-corrected chi connectivity index (χ2v) is 7.65. The summed E-state index contributed by atoms with van der Waals surface area (Å²) in [4.78, 5) is 26.7. The molecule has 1 aliphatic rings. The number of likely N-dealkylation sites (N-methyl/N-ethyl adjacent to an activating group) is 1. The Labute approximate surface area is 184 Å². The number of urea groups is 1. The van der Waals surface area contributed by atoms with Crippen LogP contribution in [0.25, 0.3) is 10.8 Å². The highest BCUT2D eigenvalue weighted by Crippen LogP contribution is 2.35. The summed E-state index contributed by atoms with van der Waals surface area (Å²) in [5.74, 6) is -3.44. The molecule has 1 unspecified atom stereocenters. The SMILES string of the molecule is CN(C(=O)Nc1ccc(F)c(C(F)F)c1)C1COCc2c1c1cc(F)c(F)cc1c(=O)n2C. The van der Waals surface area contributed by atoms with Crippen molar-refractivity contribution in [3.63, 3.8) is 0 Å². The minimum absolute atomic E-state index is 0.0116. The topological polar surface area (TPSA) is 63.6 Å². The number of hydrogen-bond acceptors (Lipinski definition) is 3.